The van der Waals surface area contributed by atoms with Gasteiger partial charge in [0.05, 0.1) is 22.8 Å². The number of hydrogen-bond acceptors (Lipinski definition) is 5. The molecule has 0 radical (unpaired) electrons. The Morgan fingerprint density at radius 2 is 1.73 bits per heavy atom. The van der Waals surface area contributed by atoms with Crippen LogP contribution in [0.2, 0.25) is 0 Å². The van der Waals surface area contributed by atoms with E-state index in [9.17, 15) is 4.79 Å². The van der Waals surface area contributed by atoms with Gasteiger partial charge in [-0.15, -0.1) is 5.10 Å². The topological polar surface area (TPSA) is 82.6 Å². The quantitative estimate of drug-likeness (QED) is 0.609. The van der Waals surface area contributed by atoms with Gasteiger partial charge >= 0.3 is 5.69 Å². The molecule has 132 valence electrons. The fourth-order valence-electron chi connectivity index (χ4n) is 3.13. The summed E-state index contributed by atoms with van der Waals surface area (Å²) in [6, 6.07) is 15.5. The summed E-state index contributed by atoms with van der Waals surface area (Å²) in [5.41, 5.74) is 3.52. The molecule has 0 bridgehead atoms. The van der Waals surface area contributed by atoms with Crippen LogP contribution in [0.4, 0.5) is 5.69 Å². The van der Waals surface area contributed by atoms with Gasteiger partial charge in [-0.1, -0.05) is 18.2 Å². The van der Waals surface area contributed by atoms with Gasteiger partial charge in [-0.05, 0) is 47.7 Å². The lowest BCUT2D eigenvalue weighted by atomic mass is 10.2. The van der Waals surface area contributed by atoms with E-state index in [-0.39, 0.29) is 11.7 Å². The van der Waals surface area contributed by atoms with Crippen LogP contribution in [-0.2, 0) is 14.1 Å². The summed E-state index contributed by atoms with van der Waals surface area (Å²) in [6.45, 7) is 2.00. The zero-order chi connectivity index (χ0) is 18.3. The van der Waals surface area contributed by atoms with E-state index < -0.39 is 0 Å². The van der Waals surface area contributed by atoms with Crippen LogP contribution < -0.4 is 11.0 Å². The van der Waals surface area contributed by atoms with Crippen molar-refractivity contribution in [2.75, 3.05) is 5.32 Å². The molecule has 2 aromatic heterocycles. The minimum atomic E-state index is -0.122. The third-order valence-corrected chi connectivity index (χ3v) is 4.54. The van der Waals surface area contributed by atoms with Gasteiger partial charge in [0.15, 0.2) is 5.82 Å². The van der Waals surface area contributed by atoms with Crippen LogP contribution in [0.5, 0.6) is 0 Å². The fourth-order valence-corrected chi connectivity index (χ4v) is 3.13. The number of fused-ring (bicyclic) bond motifs is 1. The van der Waals surface area contributed by atoms with Crippen LogP contribution in [-0.4, -0.2) is 29.3 Å². The van der Waals surface area contributed by atoms with E-state index in [4.69, 9.17) is 0 Å². The summed E-state index contributed by atoms with van der Waals surface area (Å²) >= 11 is 0. The number of anilines is 1. The third-order valence-electron chi connectivity index (χ3n) is 4.54. The van der Waals surface area contributed by atoms with Gasteiger partial charge in [0, 0.05) is 19.8 Å². The van der Waals surface area contributed by atoms with Gasteiger partial charge < -0.3 is 5.32 Å². The summed E-state index contributed by atoms with van der Waals surface area (Å²) < 4.78 is 4.99. The van der Waals surface area contributed by atoms with Crippen LogP contribution in [0.15, 0.2) is 53.3 Å². The molecule has 0 saturated heterocycles. The zero-order valence-corrected chi connectivity index (χ0v) is 14.8. The van der Waals surface area contributed by atoms with E-state index in [1.54, 1.807) is 27.9 Å². The Morgan fingerprint density at radius 1 is 1.00 bits per heavy atom. The van der Waals surface area contributed by atoms with Crippen molar-refractivity contribution >= 4 is 16.7 Å². The standard InChI is InChI=1S/C18H19N7O/c1-12(17-20-21-22-25(17)14-7-5-4-6-8-14)19-13-9-10-15-16(11-13)24(3)18(26)23(15)2/h4-12,19H,1-3H3. The highest BCUT2D eigenvalue weighted by atomic mass is 16.1. The predicted octanol–water partition coefficient (Wildman–Crippen LogP) is 2.03. The number of nitrogens with zero attached hydrogens (tertiary/aromatic N) is 6. The Kier molecular flexibility index (Phi) is 3.80. The van der Waals surface area contributed by atoms with Crippen molar-refractivity contribution < 1.29 is 0 Å². The number of hydrogen-bond donors (Lipinski definition) is 1. The van der Waals surface area contributed by atoms with Crippen molar-refractivity contribution in [3.63, 3.8) is 0 Å². The fraction of sp³-hybridized carbons (Fsp3) is 0.222. The molecule has 26 heavy (non-hydrogen) atoms. The number of tetrazole rings is 1. The third kappa shape index (κ3) is 2.55. The van der Waals surface area contributed by atoms with E-state index in [1.807, 2.05) is 55.5 Å². The molecule has 1 atom stereocenters. The molecule has 0 aliphatic rings. The maximum absolute atomic E-state index is 12.1. The maximum Gasteiger partial charge on any atom is 0.328 e. The molecule has 0 amide bonds. The molecule has 0 aliphatic heterocycles. The molecular weight excluding hydrogens is 330 g/mol. The van der Waals surface area contributed by atoms with E-state index in [1.165, 1.54) is 0 Å². The first-order valence-electron chi connectivity index (χ1n) is 8.32. The monoisotopic (exact) mass is 349 g/mol. The first-order chi connectivity index (χ1) is 12.6. The molecule has 1 N–H and O–H groups in total. The second-order valence-electron chi connectivity index (χ2n) is 6.25. The largest absolute Gasteiger partial charge is 0.375 e. The van der Waals surface area contributed by atoms with E-state index in [2.05, 4.69) is 20.8 Å². The number of rotatable bonds is 4. The summed E-state index contributed by atoms with van der Waals surface area (Å²) in [5.74, 6) is 0.707. The van der Waals surface area contributed by atoms with E-state index in [0.29, 0.717) is 5.82 Å². The molecule has 1 unspecified atom stereocenters. The maximum atomic E-state index is 12.1. The molecule has 8 nitrogen and oxygen atoms in total. The lowest BCUT2D eigenvalue weighted by Crippen LogP contribution is -2.19. The predicted molar refractivity (Wildman–Crippen MR) is 99.4 cm³/mol. The number of aromatic nitrogens is 6. The van der Waals surface area contributed by atoms with Crippen LogP contribution in [0, 0.1) is 0 Å². The van der Waals surface area contributed by atoms with Crippen molar-refractivity contribution in [1.29, 1.82) is 0 Å². The summed E-state index contributed by atoms with van der Waals surface area (Å²) in [7, 11) is 3.54. The molecule has 2 heterocycles. The first-order valence-corrected chi connectivity index (χ1v) is 8.32. The molecule has 4 rings (SSSR count). The molecule has 8 heteroatoms. The molecule has 0 aliphatic carbocycles. The minimum absolute atomic E-state index is 0.0433. The Hall–Kier alpha value is -3.42. The Bertz CT molecular complexity index is 1120. The molecule has 4 aromatic rings. The number of benzene rings is 2. The molecule has 0 saturated carbocycles. The molecule has 2 aromatic carbocycles. The van der Waals surface area contributed by atoms with Gasteiger partial charge in [0.1, 0.15) is 0 Å². The highest BCUT2D eigenvalue weighted by molar-refractivity contribution is 5.80. The summed E-state index contributed by atoms with van der Waals surface area (Å²) in [6.07, 6.45) is 0. The smallest absolute Gasteiger partial charge is 0.328 e. The van der Waals surface area contributed by atoms with Gasteiger partial charge in [0.25, 0.3) is 0 Å². The number of aryl methyl sites for hydroxylation is 2. The van der Waals surface area contributed by atoms with Gasteiger partial charge in [-0.2, -0.15) is 4.68 Å². The van der Waals surface area contributed by atoms with Gasteiger partial charge in [-0.3, -0.25) is 9.13 Å². The van der Waals surface area contributed by atoms with Crippen LogP contribution in [0.3, 0.4) is 0 Å². The molecular formula is C18H19N7O. The highest BCUT2D eigenvalue weighted by Gasteiger charge is 2.16. The van der Waals surface area contributed by atoms with Crippen molar-refractivity contribution in [3.8, 4) is 5.69 Å². The van der Waals surface area contributed by atoms with E-state index >= 15 is 0 Å². The van der Waals surface area contributed by atoms with Gasteiger partial charge in [0.2, 0.25) is 0 Å². The Balaban J connectivity index is 1.66. The normalized spacial score (nSPS) is 12.4. The lowest BCUT2D eigenvalue weighted by molar-refractivity contribution is 0.719. The Labute approximate surface area is 149 Å². The molecule has 0 spiro atoms. The zero-order valence-electron chi connectivity index (χ0n) is 14.8. The van der Waals surface area contributed by atoms with Crippen LogP contribution in [0.1, 0.15) is 18.8 Å². The number of para-hydroxylation sites is 1. The van der Waals surface area contributed by atoms with Crippen molar-refractivity contribution in [3.05, 3.63) is 64.8 Å². The second kappa shape index (κ2) is 6.14. The first kappa shape index (κ1) is 16.1. The average molecular weight is 349 g/mol. The summed E-state index contributed by atoms with van der Waals surface area (Å²) in [5, 5.41) is 15.5. The SMILES string of the molecule is CC(Nc1ccc2c(c1)n(C)c(=O)n2C)c1nnnn1-c1ccccc1. The number of imidazole rings is 1. The highest BCUT2D eigenvalue weighted by Crippen LogP contribution is 2.22. The van der Waals surface area contributed by atoms with Crippen molar-refractivity contribution in [1.82, 2.24) is 29.3 Å². The van der Waals surface area contributed by atoms with Gasteiger partial charge in [-0.25, -0.2) is 4.79 Å². The lowest BCUT2D eigenvalue weighted by Gasteiger charge is -2.15. The minimum Gasteiger partial charge on any atom is -0.375 e. The van der Waals surface area contributed by atoms with Crippen molar-refractivity contribution in [2.45, 2.75) is 13.0 Å². The van der Waals surface area contributed by atoms with Crippen LogP contribution >= 0.6 is 0 Å². The Morgan fingerprint density at radius 3 is 2.50 bits per heavy atom. The van der Waals surface area contributed by atoms with Crippen molar-refractivity contribution in [2.24, 2.45) is 14.1 Å². The summed E-state index contributed by atoms with van der Waals surface area (Å²) in [4.78, 5) is 12.1. The molecule has 0 fully saturated rings. The second-order valence-corrected chi connectivity index (χ2v) is 6.25. The van der Waals surface area contributed by atoms with Crippen LogP contribution in [0.25, 0.3) is 16.7 Å². The van der Waals surface area contributed by atoms with E-state index in [0.717, 1.165) is 22.4 Å². The number of nitrogens with one attached hydrogen (secondary N) is 1. The average Bonchev–Trinajstić information content (AvgIpc) is 3.23.